The van der Waals surface area contributed by atoms with Crippen LogP contribution in [0.25, 0.3) is 0 Å². The molecule has 0 amide bonds. The van der Waals surface area contributed by atoms with Gasteiger partial charge in [0.15, 0.2) is 0 Å². The molecule has 1 atom stereocenters. The van der Waals surface area contributed by atoms with E-state index in [1.54, 1.807) is 0 Å². The van der Waals surface area contributed by atoms with Crippen LogP contribution in [0, 0.1) is 6.92 Å². The number of aryl methyl sites for hydroxylation is 1. The predicted molar refractivity (Wildman–Crippen MR) is 61.0 cm³/mol. The topological polar surface area (TPSA) is 12.4 Å². The van der Waals surface area contributed by atoms with E-state index in [0.29, 0.717) is 6.42 Å². The minimum absolute atomic E-state index is 0.463. The summed E-state index contributed by atoms with van der Waals surface area (Å²) in [6.45, 7) is 2.07. The Balaban J connectivity index is 2.07. The fraction of sp³-hybridized carbons (Fsp3) is 0.308. The molecule has 1 heterocycles. The second kappa shape index (κ2) is 4.39. The fourth-order valence-corrected chi connectivity index (χ4v) is 1.69. The Morgan fingerprint density at radius 2 is 2.33 bits per heavy atom. The van der Waals surface area contributed by atoms with Gasteiger partial charge in [-0.05, 0) is 12.5 Å². The van der Waals surface area contributed by atoms with E-state index in [1.807, 2.05) is 12.1 Å². The molecule has 15 heavy (non-hydrogen) atoms. The number of hydrogen-bond donors (Lipinski definition) is 0. The predicted octanol–water partition coefficient (Wildman–Crippen LogP) is 3.23. The van der Waals surface area contributed by atoms with Gasteiger partial charge in [0, 0.05) is 24.8 Å². The number of allylic oxidation sites excluding steroid dienone is 2. The molecule has 0 fully saturated rings. The first-order valence-corrected chi connectivity index (χ1v) is 5.17. The lowest BCUT2D eigenvalue weighted by molar-refractivity contribution is 0.430. The van der Waals surface area contributed by atoms with Gasteiger partial charge in [-0.25, -0.2) is 4.39 Å². The third kappa shape index (κ3) is 2.75. The lowest BCUT2D eigenvalue weighted by Gasteiger charge is -2.09. The highest BCUT2D eigenvalue weighted by Gasteiger charge is 2.08. The maximum atomic E-state index is 12.8. The van der Waals surface area contributed by atoms with Crippen LogP contribution in [0.5, 0.6) is 0 Å². The van der Waals surface area contributed by atoms with Crippen molar-refractivity contribution >= 4 is 6.21 Å². The summed E-state index contributed by atoms with van der Waals surface area (Å²) in [5.41, 5.74) is 3.45. The smallest absolute Gasteiger partial charge is 0.139 e. The van der Waals surface area contributed by atoms with Gasteiger partial charge in [-0.3, -0.25) is 4.99 Å². The molecule has 0 bridgehead atoms. The molecule has 1 unspecified atom stereocenters. The van der Waals surface area contributed by atoms with Crippen molar-refractivity contribution in [1.82, 2.24) is 0 Å². The Morgan fingerprint density at radius 3 is 3.00 bits per heavy atom. The van der Waals surface area contributed by atoms with Crippen LogP contribution in [0.1, 0.15) is 17.5 Å². The van der Waals surface area contributed by atoms with Gasteiger partial charge in [-0.15, -0.1) is 0 Å². The zero-order valence-electron chi connectivity index (χ0n) is 8.78. The monoisotopic (exact) mass is 203 g/mol. The molecule has 1 aromatic carbocycles. The SMILES string of the molecule is Cc1cccc(CC2=CCC(F)C=N2)c1. The summed E-state index contributed by atoms with van der Waals surface area (Å²) < 4.78 is 12.8. The molecular weight excluding hydrogens is 189 g/mol. The molecular formula is C13H14FN. The molecule has 1 aliphatic heterocycles. The highest BCUT2D eigenvalue weighted by atomic mass is 19.1. The van der Waals surface area contributed by atoms with E-state index in [4.69, 9.17) is 0 Å². The summed E-state index contributed by atoms with van der Waals surface area (Å²) in [6.07, 6.45) is 3.64. The molecule has 0 N–H and O–H groups in total. The van der Waals surface area contributed by atoms with Gasteiger partial charge < -0.3 is 0 Å². The third-order valence-corrected chi connectivity index (χ3v) is 2.45. The average Bonchev–Trinajstić information content (AvgIpc) is 2.22. The second-order valence-corrected chi connectivity index (χ2v) is 3.89. The average molecular weight is 203 g/mol. The van der Waals surface area contributed by atoms with Crippen LogP contribution in [-0.4, -0.2) is 12.4 Å². The quantitative estimate of drug-likeness (QED) is 0.699. The van der Waals surface area contributed by atoms with Crippen molar-refractivity contribution in [2.24, 2.45) is 4.99 Å². The number of halogens is 1. The van der Waals surface area contributed by atoms with Crippen LogP contribution in [0.2, 0.25) is 0 Å². The molecule has 0 aromatic heterocycles. The van der Waals surface area contributed by atoms with Crippen molar-refractivity contribution in [3.8, 4) is 0 Å². The normalized spacial score (nSPS) is 20.1. The fourth-order valence-electron chi connectivity index (χ4n) is 1.69. The highest BCUT2D eigenvalue weighted by Crippen LogP contribution is 2.15. The van der Waals surface area contributed by atoms with Crippen molar-refractivity contribution in [3.63, 3.8) is 0 Å². The van der Waals surface area contributed by atoms with Gasteiger partial charge in [-0.2, -0.15) is 0 Å². The van der Waals surface area contributed by atoms with Gasteiger partial charge in [0.05, 0.1) is 0 Å². The van der Waals surface area contributed by atoms with Crippen LogP contribution in [0.4, 0.5) is 4.39 Å². The Kier molecular flexibility index (Phi) is 2.95. The molecule has 0 saturated carbocycles. The first kappa shape index (κ1) is 10.1. The van der Waals surface area contributed by atoms with E-state index in [9.17, 15) is 4.39 Å². The van der Waals surface area contributed by atoms with Crippen molar-refractivity contribution in [3.05, 3.63) is 47.2 Å². The van der Waals surface area contributed by atoms with Gasteiger partial charge in [0.2, 0.25) is 0 Å². The molecule has 78 valence electrons. The molecule has 0 saturated heterocycles. The summed E-state index contributed by atoms with van der Waals surface area (Å²) in [5.74, 6) is 0. The first-order chi connectivity index (χ1) is 7.24. The number of aliphatic imine (C=N–C) groups is 1. The lowest BCUT2D eigenvalue weighted by Crippen LogP contribution is -2.05. The van der Waals surface area contributed by atoms with E-state index >= 15 is 0 Å². The number of nitrogens with zero attached hydrogens (tertiary/aromatic N) is 1. The number of hydrogen-bond acceptors (Lipinski definition) is 1. The number of alkyl halides is 1. The zero-order valence-corrected chi connectivity index (χ0v) is 8.78. The summed E-state index contributed by atoms with van der Waals surface area (Å²) in [5, 5.41) is 0. The Hall–Kier alpha value is -1.44. The van der Waals surface area contributed by atoms with Crippen LogP contribution in [0.15, 0.2) is 41.0 Å². The maximum Gasteiger partial charge on any atom is 0.139 e. The Bertz CT molecular complexity index is 407. The molecule has 0 aliphatic carbocycles. The van der Waals surface area contributed by atoms with Gasteiger partial charge in [-0.1, -0.05) is 35.9 Å². The van der Waals surface area contributed by atoms with Crippen LogP contribution >= 0.6 is 0 Å². The van der Waals surface area contributed by atoms with E-state index in [-0.39, 0.29) is 0 Å². The maximum absolute atomic E-state index is 12.8. The highest BCUT2D eigenvalue weighted by molar-refractivity contribution is 5.66. The largest absolute Gasteiger partial charge is 0.263 e. The molecule has 2 heteroatoms. The molecule has 1 aromatic rings. The molecule has 2 rings (SSSR count). The third-order valence-electron chi connectivity index (χ3n) is 2.45. The minimum Gasteiger partial charge on any atom is -0.263 e. The summed E-state index contributed by atoms with van der Waals surface area (Å²) in [7, 11) is 0. The van der Waals surface area contributed by atoms with Gasteiger partial charge in [0.1, 0.15) is 6.17 Å². The zero-order chi connectivity index (χ0) is 10.7. The van der Waals surface area contributed by atoms with Crippen LogP contribution in [-0.2, 0) is 6.42 Å². The Labute approximate surface area is 89.4 Å². The molecule has 1 aliphatic rings. The van der Waals surface area contributed by atoms with E-state index in [0.717, 1.165) is 12.1 Å². The Morgan fingerprint density at radius 1 is 1.47 bits per heavy atom. The van der Waals surface area contributed by atoms with Crippen molar-refractivity contribution < 1.29 is 4.39 Å². The van der Waals surface area contributed by atoms with Crippen LogP contribution in [0.3, 0.4) is 0 Å². The minimum atomic E-state index is -0.897. The van der Waals surface area contributed by atoms with E-state index in [1.165, 1.54) is 17.3 Å². The van der Waals surface area contributed by atoms with Crippen molar-refractivity contribution in [2.75, 3.05) is 0 Å². The number of benzene rings is 1. The second-order valence-electron chi connectivity index (χ2n) is 3.89. The molecule has 0 spiro atoms. The van der Waals surface area contributed by atoms with E-state index in [2.05, 4.69) is 30.1 Å². The standard InChI is InChI=1S/C13H14FN/c1-10-3-2-4-11(7-10)8-13-6-5-12(14)9-15-13/h2-4,6-7,9,12H,5,8H2,1H3. The summed E-state index contributed by atoms with van der Waals surface area (Å²) in [4.78, 5) is 4.10. The summed E-state index contributed by atoms with van der Waals surface area (Å²) in [6, 6.07) is 8.32. The first-order valence-electron chi connectivity index (χ1n) is 5.17. The van der Waals surface area contributed by atoms with E-state index < -0.39 is 6.17 Å². The van der Waals surface area contributed by atoms with Crippen molar-refractivity contribution in [1.29, 1.82) is 0 Å². The lowest BCUT2D eigenvalue weighted by atomic mass is 10.1. The molecule has 0 radical (unpaired) electrons. The van der Waals surface area contributed by atoms with Crippen LogP contribution < -0.4 is 0 Å². The van der Waals surface area contributed by atoms with Gasteiger partial charge in [0.25, 0.3) is 0 Å². The number of rotatable bonds is 2. The van der Waals surface area contributed by atoms with Crippen molar-refractivity contribution in [2.45, 2.75) is 25.9 Å². The summed E-state index contributed by atoms with van der Waals surface area (Å²) >= 11 is 0. The molecule has 1 nitrogen and oxygen atoms in total. The van der Waals surface area contributed by atoms with Gasteiger partial charge >= 0.3 is 0 Å².